The predicted molar refractivity (Wildman–Crippen MR) is 171 cm³/mol. The summed E-state index contributed by atoms with van der Waals surface area (Å²) in [7, 11) is 0. The van der Waals surface area contributed by atoms with E-state index in [-0.39, 0.29) is 19.6 Å². The third kappa shape index (κ3) is 17.5. The summed E-state index contributed by atoms with van der Waals surface area (Å²) in [5.41, 5.74) is 1.34. The molecule has 3 N–H and O–H groups in total. The number of halogens is 2. The lowest BCUT2D eigenvalue weighted by atomic mass is 10.1. The van der Waals surface area contributed by atoms with Gasteiger partial charge >= 0.3 is 12.6 Å². The first-order chi connectivity index (χ1) is 21.9. The third-order valence-electron chi connectivity index (χ3n) is 6.12. The number of allylic oxidation sites excluding steroid dienone is 2. The second-order valence-corrected chi connectivity index (χ2v) is 11.1. The second-order valence-electron chi connectivity index (χ2n) is 11.1. The van der Waals surface area contributed by atoms with Gasteiger partial charge in [0.25, 0.3) is 0 Å². The molecule has 1 aromatic carbocycles. The number of morpholine rings is 1. The van der Waals surface area contributed by atoms with Crippen molar-refractivity contribution in [2.45, 2.75) is 58.9 Å². The molecule has 2 rings (SSSR count). The molecule has 1 aromatic rings. The SMILES string of the molecule is C=C/C=C(\C=C)COC(=O)[C@H](Cc1ccccc1)NC(=O)C(C)NC(=O)[C@H](COC(F)F)NC(=O)CN1CCOCC1.CC(C)C. The lowest BCUT2D eigenvalue weighted by Crippen LogP contribution is -2.57. The molecular weight excluding hydrogens is 602 g/mol. The molecule has 1 heterocycles. The van der Waals surface area contributed by atoms with Crippen molar-refractivity contribution in [2.24, 2.45) is 5.92 Å². The quantitative estimate of drug-likeness (QED) is 0.173. The van der Waals surface area contributed by atoms with Gasteiger partial charge in [0.15, 0.2) is 0 Å². The molecule has 0 radical (unpaired) electrons. The Labute approximate surface area is 270 Å². The van der Waals surface area contributed by atoms with Crippen LogP contribution in [0.15, 0.2) is 67.3 Å². The molecule has 1 aliphatic heterocycles. The van der Waals surface area contributed by atoms with Crippen molar-refractivity contribution in [1.82, 2.24) is 20.9 Å². The van der Waals surface area contributed by atoms with Gasteiger partial charge in [0.1, 0.15) is 24.7 Å². The molecule has 0 aliphatic carbocycles. The van der Waals surface area contributed by atoms with E-state index in [9.17, 15) is 28.0 Å². The maximum absolute atomic E-state index is 13.0. The molecular formula is C33H48F2N4O7. The van der Waals surface area contributed by atoms with Crippen molar-refractivity contribution in [3.63, 3.8) is 0 Å². The first kappa shape index (κ1) is 40.1. The van der Waals surface area contributed by atoms with Crippen LogP contribution in [0.5, 0.6) is 0 Å². The molecule has 0 spiro atoms. The lowest BCUT2D eigenvalue weighted by molar-refractivity contribution is -0.148. The number of ether oxygens (including phenoxy) is 3. The van der Waals surface area contributed by atoms with Gasteiger partial charge in [0.2, 0.25) is 17.7 Å². The van der Waals surface area contributed by atoms with E-state index in [1.54, 1.807) is 41.3 Å². The summed E-state index contributed by atoms with van der Waals surface area (Å²) in [6.45, 7) is 12.8. The van der Waals surface area contributed by atoms with E-state index in [4.69, 9.17) is 9.47 Å². The molecule has 256 valence electrons. The minimum atomic E-state index is -3.18. The van der Waals surface area contributed by atoms with Crippen LogP contribution in [0, 0.1) is 5.92 Å². The maximum atomic E-state index is 13.0. The summed E-state index contributed by atoms with van der Waals surface area (Å²) in [5, 5.41) is 7.35. The van der Waals surface area contributed by atoms with Crippen LogP contribution in [0.25, 0.3) is 0 Å². The number of benzene rings is 1. The molecule has 3 amide bonds. The number of nitrogens with one attached hydrogen (secondary N) is 3. The average molecular weight is 651 g/mol. The fraction of sp³-hybridized carbons (Fsp3) is 0.515. The first-order valence-electron chi connectivity index (χ1n) is 15.1. The van der Waals surface area contributed by atoms with Crippen LogP contribution in [-0.2, 0) is 39.8 Å². The maximum Gasteiger partial charge on any atom is 0.345 e. The minimum Gasteiger partial charge on any atom is -0.459 e. The van der Waals surface area contributed by atoms with Gasteiger partial charge in [-0.05, 0) is 24.0 Å². The van der Waals surface area contributed by atoms with Gasteiger partial charge in [-0.2, -0.15) is 8.78 Å². The Bertz CT molecular complexity index is 1140. The number of hydrogen-bond acceptors (Lipinski definition) is 8. The number of alkyl halides is 2. The summed E-state index contributed by atoms with van der Waals surface area (Å²) < 4.78 is 40.3. The van der Waals surface area contributed by atoms with Gasteiger partial charge in [-0.3, -0.25) is 19.3 Å². The highest BCUT2D eigenvalue weighted by Crippen LogP contribution is 2.07. The number of esters is 1. The molecule has 1 fully saturated rings. The molecule has 1 saturated heterocycles. The second kappa shape index (κ2) is 22.5. The monoisotopic (exact) mass is 650 g/mol. The zero-order valence-corrected chi connectivity index (χ0v) is 27.1. The summed E-state index contributed by atoms with van der Waals surface area (Å²) in [6, 6.07) is 5.09. The fourth-order valence-electron chi connectivity index (χ4n) is 3.86. The Morgan fingerprint density at radius 2 is 1.59 bits per heavy atom. The van der Waals surface area contributed by atoms with E-state index >= 15 is 0 Å². The predicted octanol–water partition coefficient (Wildman–Crippen LogP) is 2.78. The average Bonchev–Trinajstić information content (AvgIpc) is 3.01. The summed E-state index contributed by atoms with van der Waals surface area (Å²) in [4.78, 5) is 53.1. The van der Waals surface area contributed by atoms with Crippen LogP contribution in [0.4, 0.5) is 8.78 Å². The zero-order chi connectivity index (χ0) is 34.5. The number of nitrogens with zero attached hydrogens (tertiary/aromatic N) is 1. The highest BCUT2D eigenvalue weighted by Gasteiger charge is 2.29. The summed E-state index contributed by atoms with van der Waals surface area (Å²) in [6.07, 6.45) is 4.74. The Morgan fingerprint density at radius 1 is 0.957 bits per heavy atom. The topological polar surface area (TPSA) is 135 Å². The van der Waals surface area contributed by atoms with Crippen LogP contribution in [0.1, 0.15) is 33.3 Å². The van der Waals surface area contributed by atoms with Gasteiger partial charge < -0.3 is 30.2 Å². The number of rotatable bonds is 17. The van der Waals surface area contributed by atoms with Crippen LogP contribution >= 0.6 is 0 Å². The summed E-state index contributed by atoms with van der Waals surface area (Å²) in [5.74, 6) is -2.12. The Kier molecular flexibility index (Phi) is 19.6. The minimum absolute atomic E-state index is 0.0727. The lowest BCUT2D eigenvalue weighted by Gasteiger charge is -2.27. The van der Waals surface area contributed by atoms with Gasteiger partial charge in [0.05, 0.1) is 26.4 Å². The molecule has 46 heavy (non-hydrogen) atoms. The van der Waals surface area contributed by atoms with Crippen LogP contribution in [-0.4, -0.2) is 99.4 Å². The number of carbonyl (C=O) groups is 4. The largest absolute Gasteiger partial charge is 0.459 e. The van der Waals surface area contributed by atoms with Gasteiger partial charge in [-0.25, -0.2) is 4.79 Å². The van der Waals surface area contributed by atoms with E-state index in [0.717, 1.165) is 11.5 Å². The van der Waals surface area contributed by atoms with E-state index in [2.05, 4.69) is 54.6 Å². The Balaban J connectivity index is 0.00000249. The molecule has 11 nitrogen and oxygen atoms in total. The van der Waals surface area contributed by atoms with Crippen molar-refractivity contribution in [2.75, 3.05) is 46.1 Å². The van der Waals surface area contributed by atoms with Gasteiger partial charge in [0, 0.05) is 19.5 Å². The summed E-state index contributed by atoms with van der Waals surface area (Å²) >= 11 is 0. The molecule has 13 heteroatoms. The van der Waals surface area contributed by atoms with E-state index in [1.165, 1.54) is 19.1 Å². The normalized spacial score (nSPS) is 15.4. The first-order valence-corrected chi connectivity index (χ1v) is 15.1. The van der Waals surface area contributed by atoms with Crippen LogP contribution < -0.4 is 16.0 Å². The standard InChI is InChI=1S/C29H38F2N4O7.C4H10/c1-4-9-21(5-2)18-41-28(39)23(16-22-10-7-6-8-11-22)34-26(37)20(3)32-27(38)24(19-42-29(30)31)33-25(36)17-35-12-14-40-15-13-35;1-4(2)3/h4-11,20,23-24,29H,1-2,12-19H2,3H3,(H,32,38)(H,33,36)(H,34,37);4H,1-3H3/b21-9+;/t20?,23-,24-;/m0./s1. The molecule has 1 aliphatic rings. The molecule has 3 atom stereocenters. The zero-order valence-electron chi connectivity index (χ0n) is 27.1. The molecule has 0 bridgehead atoms. The van der Waals surface area contributed by atoms with Crippen LogP contribution in [0.2, 0.25) is 0 Å². The highest BCUT2D eigenvalue weighted by atomic mass is 19.3. The van der Waals surface area contributed by atoms with Crippen molar-refractivity contribution >= 4 is 23.7 Å². The third-order valence-corrected chi connectivity index (χ3v) is 6.12. The Hall–Kier alpha value is -3.94. The number of hydrogen-bond donors (Lipinski definition) is 3. The van der Waals surface area contributed by atoms with Gasteiger partial charge in [-0.1, -0.05) is 82.5 Å². The Morgan fingerprint density at radius 3 is 2.15 bits per heavy atom. The smallest absolute Gasteiger partial charge is 0.345 e. The van der Waals surface area contributed by atoms with Crippen LogP contribution in [0.3, 0.4) is 0 Å². The van der Waals surface area contributed by atoms with E-state index < -0.39 is 55.0 Å². The molecule has 0 aromatic heterocycles. The number of amides is 3. The molecule has 0 saturated carbocycles. The highest BCUT2D eigenvalue weighted by molar-refractivity contribution is 5.93. The van der Waals surface area contributed by atoms with E-state index in [1.807, 2.05) is 0 Å². The van der Waals surface area contributed by atoms with E-state index in [0.29, 0.717) is 31.9 Å². The molecule has 1 unspecified atom stereocenters. The van der Waals surface area contributed by atoms with Crippen molar-refractivity contribution in [3.8, 4) is 0 Å². The van der Waals surface area contributed by atoms with Gasteiger partial charge in [-0.15, -0.1) is 0 Å². The number of carbonyl (C=O) groups excluding carboxylic acids is 4. The van der Waals surface area contributed by atoms with Crippen molar-refractivity contribution in [1.29, 1.82) is 0 Å². The fourth-order valence-corrected chi connectivity index (χ4v) is 3.86. The van der Waals surface area contributed by atoms with Crippen molar-refractivity contribution < 1.29 is 42.2 Å². The van der Waals surface area contributed by atoms with Crippen molar-refractivity contribution in [3.05, 3.63) is 72.9 Å².